The minimum Gasteiger partial charge on any atom is -0.328 e. The van der Waals surface area contributed by atoms with Gasteiger partial charge in [-0.15, -0.1) is 0 Å². The number of aryl methyl sites for hydroxylation is 2. The van der Waals surface area contributed by atoms with E-state index in [1.54, 1.807) is 30.3 Å². The highest BCUT2D eigenvalue weighted by Crippen LogP contribution is 2.31. The van der Waals surface area contributed by atoms with Gasteiger partial charge in [-0.25, -0.2) is 9.98 Å². The maximum atomic E-state index is 12.6. The fourth-order valence-corrected chi connectivity index (χ4v) is 3.59. The fourth-order valence-electron chi connectivity index (χ4n) is 3.10. The summed E-state index contributed by atoms with van der Waals surface area (Å²) in [6.45, 7) is 3.90. The molecule has 4 rings (SSSR count). The van der Waals surface area contributed by atoms with Crippen LogP contribution in [0, 0.1) is 13.8 Å². The summed E-state index contributed by atoms with van der Waals surface area (Å²) in [5.41, 5.74) is 3.97. The van der Waals surface area contributed by atoms with E-state index in [0.717, 1.165) is 17.0 Å². The molecule has 2 aromatic rings. The van der Waals surface area contributed by atoms with Crippen LogP contribution in [0.1, 0.15) is 17.7 Å². The summed E-state index contributed by atoms with van der Waals surface area (Å²) in [5.74, 6) is 0.872. The molecule has 8 heteroatoms. The molecule has 0 bridgehead atoms. The van der Waals surface area contributed by atoms with E-state index in [1.165, 1.54) is 0 Å². The van der Waals surface area contributed by atoms with Crippen molar-refractivity contribution in [2.24, 2.45) is 4.99 Å². The van der Waals surface area contributed by atoms with E-state index in [1.807, 2.05) is 26.0 Å². The maximum Gasteiger partial charge on any atom is 0.256 e. The third-order valence-electron chi connectivity index (χ3n) is 4.84. The van der Waals surface area contributed by atoms with Crippen molar-refractivity contribution in [3.05, 3.63) is 75.1 Å². The van der Waals surface area contributed by atoms with E-state index < -0.39 is 0 Å². The number of aromatic nitrogens is 1. The van der Waals surface area contributed by atoms with Crippen LogP contribution < -0.4 is 16.0 Å². The van der Waals surface area contributed by atoms with Crippen LogP contribution in [-0.2, 0) is 4.79 Å². The zero-order chi connectivity index (χ0) is 20.5. The van der Waals surface area contributed by atoms with E-state index in [4.69, 9.17) is 23.2 Å². The summed E-state index contributed by atoms with van der Waals surface area (Å²) in [4.78, 5) is 21.6. The molecule has 1 aromatic heterocycles. The number of nitrogens with zero attached hydrogens (tertiary/aromatic N) is 2. The molecule has 0 saturated heterocycles. The molecule has 1 aromatic carbocycles. The minimum absolute atomic E-state index is 0.0740. The minimum atomic E-state index is -0.205. The van der Waals surface area contributed by atoms with Gasteiger partial charge < -0.3 is 16.0 Å². The van der Waals surface area contributed by atoms with Crippen molar-refractivity contribution in [1.82, 2.24) is 10.3 Å². The van der Waals surface area contributed by atoms with Crippen LogP contribution in [0.15, 0.2) is 58.7 Å². The number of aliphatic imine (C=N–C) groups is 1. The molecule has 2 heterocycles. The largest absolute Gasteiger partial charge is 0.328 e. The lowest BCUT2D eigenvalue weighted by Crippen LogP contribution is -2.27. The Labute approximate surface area is 178 Å². The number of nitrogens with one attached hydrogen (secondary N) is 3. The highest BCUT2D eigenvalue weighted by Gasteiger charge is 2.27. The quantitative estimate of drug-likeness (QED) is 0.668. The van der Waals surface area contributed by atoms with Crippen LogP contribution in [0.3, 0.4) is 0 Å². The second-order valence-corrected chi connectivity index (χ2v) is 7.70. The molecule has 3 N–H and O–H groups in total. The fraction of sp³-hybridized carbons (Fsp3) is 0.190. The van der Waals surface area contributed by atoms with Crippen molar-refractivity contribution < 1.29 is 4.79 Å². The number of carbonyl (C=O) groups is 1. The summed E-state index contributed by atoms with van der Waals surface area (Å²) in [6, 6.07) is 8.94. The van der Waals surface area contributed by atoms with E-state index in [2.05, 4.69) is 25.9 Å². The SMILES string of the molecule is Cc1ccc(NC(=O)C2=CCC3N=C(Nc4c(Cl)cccc4Cl)NC3=C2)nc1C. The topological polar surface area (TPSA) is 78.4 Å². The van der Waals surface area contributed by atoms with Crippen molar-refractivity contribution in [3.8, 4) is 0 Å². The molecule has 0 fully saturated rings. The molecule has 2 aliphatic rings. The molecule has 1 aliphatic heterocycles. The van der Waals surface area contributed by atoms with Crippen molar-refractivity contribution in [2.45, 2.75) is 26.3 Å². The third-order valence-corrected chi connectivity index (χ3v) is 5.47. The first kappa shape index (κ1) is 19.5. The number of rotatable bonds is 3. The van der Waals surface area contributed by atoms with Crippen LogP contribution in [0.25, 0.3) is 0 Å². The number of amides is 1. The van der Waals surface area contributed by atoms with E-state index in [0.29, 0.717) is 39.5 Å². The molecule has 1 aliphatic carbocycles. The van der Waals surface area contributed by atoms with Gasteiger partial charge >= 0.3 is 0 Å². The van der Waals surface area contributed by atoms with Gasteiger partial charge in [0.15, 0.2) is 0 Å². The van der Waals surface area contributed by atoms with Crippen molar-refractivity contribution in [2.75, 3.05) is 10.6 Å². The summed E-state index contributed by atoms with van der Waals surface area (Å²) in [7, 11) is 0. The Bertz CT molecular complexity index is 1070. The predicted octanol–water partition coefficient (Wildman–Crippen LogP) is 4.60. The van der Waals surface area contributed by atoms with E-state index in [9.17, 15) is 4.79 Å². The molecule has 29 heavy (non-hydrogen) atoms. The van der Waals surface area contributed by atoms with E-state index >= 15 is 0 Å². The van der Waals surface area contributed by atoms with Gasteiger partial charge in [0.05, 0.1) is 21.8 Å². The second kappa shape index (κ2) is 7.89. The summed E-state index contributed by atoms with van der Waals surface area (Å²) in [5, 5.41) is 10.2. The molecule has 0 radical (unpaired) electrons. The van der Waals surface area contributed by atoms with Gasteiger partial charge in [-0.1, -0.05) is 41.4 Å². The second-order valence-electron chi connectivity index (χ2n) is 6.89. The number of anilines is 2. The molecule has 1 unspecified atom stereocenters. The van der Waals surface area contributed by atoms with Gasteiger partial charge in [-0.3, -0.25) is 4.79 Å². The Morgan fingerprint density at radius 1 is 1.17 bits per heavy atom. The van der Waals surface area contributed by atoms with Crippen molar-refractivity contribution in [1.29, 1.82) is 0 Å². The zero-order valence-electron chi connectivity index (χ0n) is 15.9. The highest BCUT2D eigenvalue weighted by molar-refractivity contribution is 6.39. The number of para-hydroxylation sites is 1. The Balaban J connectivity index is 1.45. The monoisotopic (exact) mass is 427 g/mol. The average molecular weight is 428 g/mol. The van der Waals surface area contributed by atoms with Gasteiger partial charge in [0.25, 0.3) is 5.91 Å². The molecule has 1 atom stereocenters. The van der Waals surface area contributed by atoms with Crippen LogP contribution in [0.4, 0.5) is 11.5 Å². The number of halogens is 2. The van der Waals surface area contributed by atoms with Gasteiger partial charge in [-0.05, 0) is 50.1 Å². The normalized spacial score (nSPS) is 17.5. The molecule has 6 nitrogen and oxygen atoms in total. The predicted molar refractivity (Wildman–Crippen MR) is 118 cm³/mol. The van der Waals surface area contributed by atoms with Gasteiger partial charge in [-0.2, -0.15) is 0 Å². The first-order valence-electron chi connectivity index (χ1n) is 9.14. The number of hydrogen-bond donors (Lipinski definition) is 3. The average Bonchev–Trinajstić information content (AvgIpc) is 3.09. The Morgan fingerprint density at radius 2 is 1.93 bits per heavy atom. The number of benzene rings is 1. The van der Waals surface area contributed by atoms with Crippen LogP contribution in [0.2, 0.25) is 10.0 Å². The van der Waals surface area contributed by atoms with E-state index in [-0.39, 0.29) is 11.9 Å². The zero-order valence-corrected chi connectivity index (χ0v) is 17.4. The smallest absolute Gasteiger partial charge is 0.256 e. The van der Waals surface area contributed by atoms with Crippen molar-refractivity contribution >= 4 is 46.6 Å². The van der Waals surface area contributed by atoms with Crippen LogP contribution in [-0.4, -0.2) is 22.9 Å². The molecular formula is C21H19Cl2N5O. The van der Waals surface area contributed by atoms with Gasteiger partial charge in [0, 0.05) is 17.0 Å². The Kier molecular flexibility index (Phi) is 5.30. The molecule has 148 valence electrons. The standard InChI is InChI=1S/C21H19Cl2N5O/c1-11-6-9-18(24-12(11)2)27-20(29)13-7-8-16-17(10-13)26-21(25-16)28-19-14(22)4-3-5-15(19)23/h3-7,9-10,16H,8H2,1-2H3,(H,24,27,29)(H2,25,26,28). The third kappa shape index (κ3) is 4.13. The first-order chi connectivity index (χ1) is 13.9. The Hall–Kier alpha value is -2.83. The molecule has 1 amide bonds. The summed E-state index contributed by atoms with van der Waals surface area (Å²) < 4.78 is 0. The summed E-state index contributed by atoms with van der Waals surface area (Å²) >= 11 is 12.4. The van der Waals surface area contributed by atoms with Crippen molar-refractivity contribution in [3.63, 3.8) is 0 Å². The first-order valence-corrected chi connectivity index (χ1v) is 9.89. The number of pyridine rings is 1. The summed E-state index contributed by atoms with van der Waals surface area (Å²) in [6.07, 6.45) is 4.29. The lowest BCUT2D eigenvalue weighted by molar-refractivity contribution is -0.112. The maximum absolute atomic E-state index is 12.6. The molecule has 0 spiro atoms. The molecular weight excluding hydrogens is 409 g/mol. The number of fused-ring (bicyclic) bond motifs is 1. The highest BCUT2D eigenvalue weighted by atomic mass is 35.5. The van der Waals surface area contributed by atoms with Crippen LogP contribution >= 0.6 is 23.2 Å². The van der Waals surface area contributed by atoms with Crippen LogP contribution in [0.5, 0.6) is 0 Å². The van der Waals surface area contributed by atoms with Gasteiger partial charge in [0.2, 0.25) is 5.96 Å². The number of guanidine groups is 1. The lowest BCUT2D eigenvalue weighted by Gasteiger charge is -2.15. The molecule has 0 saturated carbocycles. The number of carbonyl (C=O) groups excluding carboxylic acids is 1. The Morgan fingerprint density at radius 3 is 2.66 bits per heavy atom. The lowest BCUT2D eigenvalue weighted by atomic mass is 10.00. The van der Waals surface area contributed by atoms with Gasteiger partial charge in [0.1, 0.15) is 5.82 Å². The number of hydrogen-bond acceptors (Lipinski definition) is 5.